The van der Waals surface area contributed by atoms with Gasteiger partial charge in [0.25, 0.3) is 5.91 Å². The molecular formula is C17H18N2O2S. The van der Waals surface area contributed by atoms with Gasteiger partial charge in [-0.05, 0) is 42.5 Å². The molecule has 22 heavy (non-hydrogen) atoms. The van der Waals surface area contributed by atoms with Crippen molar-refractivity contribution in [3.8, 4) is 0 Å². The summed E-state index contributed by atoms with van der Waals surface area (Å²) in [6.45, 7) is 0.592. The molecule has 0 aliphatic heterocycles. The van der Waals surface area contributed by atoms with Gasteiger partial charge in [-0.3, -0.25) is 9.59 Å². The summed E-state index contributed by atoms with van der Waals surface area (Å²) in [6.07, 6.45) is 1.93. The number of amides is 2. The molecule has 2 amide bonds. The second-order valence-electron chi connectivity index (χ2n) is 5.58. The first-order valence-corrected chi connectivity index (χ1v) is 8.20. The second-order valence-corrected chi connectivity index (χ2v) is 6.62. The minimum Gasteiger partial charge on any atom is -0.337 e. The molecule has 1 fully saturated rings. The molecule has 114 valence electrons. The fourth-order valence-electron chi connectivity index (χ4n) is 2.25. The number of hydrogen-bond acceptors (Lipinski definition) is 3. The van der Waals surface area contributed by atoms with Crippen molar-refractivity contribution >= 4 is 28.8 Å². The van der Waals surface area contributed by atoms with Crippen LogP contribution >= 0.6 is 11.3 Å². The standard InChI is InChI=1S/C17H18N2O2S/c1-19(11-15-6-3-9-22-15)17(21)13-4-2-5-14(10-13)18-16(20)12-7-8-12/h2-6,9-10,12H,7-8,11H2,1H3,(H,18,20). The van der Waals surface area contributed by atoms with Crippen LogP contribution in [0.5, 0.6) is 0 Å². The number of rotatable bonds is 5. The maximum atomic E-state index is 12.5. The number of anilines is 1. The average molecular weight is 314 g/mol. The quantitative estimate of drug-likeness (QED) is 0.920. The van der Waals surface area contributed by atoms with Crippen LogP contribution in [0.1, 0.15) is 28.1 Å². The summed E-state index contributed by atoms with van der Waals surface area (Å²) in [7, 11) is 1.79. The fourth-order valence-corrected chi connectivity index (χ4v) is 3.01. The van der Waals surface area contributed by atoms with Gasteiger partial charge < -0.3 is 10.2 Å². The molecule has 0 spiro atoms. The van der Waals surface area contributed by atoms with E-state index in [0.29, 0.717) is 17.8 Å². The van der Waals surface area contributed by atoms with Crippen LogP contribution in [0.25, 0.3) is 0 Å². The highest BCUT2D eigenvalue weighted by Crippen LogP contribution is 2.30. The number of nitrogens with zero attached hydrogens (tertiary/aromatic N) is 1. The average Bonchev–Trinajstić information content (AvgIpc) is 3.25. The highest BCUT2D eigenvalue weighted by molar-refractivity contribution is 7.09. The summed E-state index contributed by atoms with van der Waals surface area (Å²) in [5.41, 5.74) is 1.28. The van der Waals surface area contributed by atoms with Crippen molar-refractivity contribution in [3.05, 3.63) is 52.2 Å². The van der Waals surface area contributed by atoms with E-state index >= 15 is 0 Å². The molecule has 0 saturated heterocycles. The summed E-state index contributed by atoms with van der Waals surface area (Å²) < 4.78 is 0. The molecule has 3 rings (SSSR count). The van der Waals surface area contributed by atoms with Gasteiger partial charge in [0, 0.05) is 29.1 Å². The maximum Gasteiger partial charge on any atom is 0.253 e. The maximum absolute atomic E-state index is 12.5. The SMILES string of the molecule is CN(Cc1cccs1)C(=O)c1cccc(NC(=O)C2CC2)c1. The topological polar surface area (TPSA) is 49.4 Å². The Balaban J connectivity index is 1.67. The third-order valence-electron chi connectivity index (χ3n) is 3.65. The monoisotopic (exact) mass is 314 g/mol. The zero-order chi connectivity index (χ0) is 15.5. The van der Waals surface area contributed by atoms with Gasteiger partial charge >= 0.3 is 0 Å². The minimum atomic E-state index is -0.0454. The Labute approximate surface area is 133 Å². The summed E-state index contributed by atoms with van der Waals surface area (Å²) in [6, 6.07) is 11.1. The lowest BCUT2D eigenvalue weighted by molar-refractivity contribution is -0.117. The minimum absolute atomic E-state index is 0.0454. The molecule has 0 radical (unpaired) electrons. The van der Waals surface area contributed by atoms with E-state index in [0.717, 1.165) is 17.7 Å². The first kappa shape index (κ1) is 14.8. The number of nitrogens with one attached hydrogen (secondary N) is 1. The van der Waals surface area contributed by atoms with E-state index in [1.807, 2.05) is 23.6 Å². The highest BCUT2D eigenvalue weighted by atomic mass is 32.1. The van der Waals surface area contributed by atoms with E-state index in [1.165, 1.54) is 0 Å². The molecular weight excluding hydrogens is 296 g/mol. The van der Waals surface area contributed by atoms with Crippen LogP contribution in [0.3, 0.4) is 0 Å². The lowest BCUT2D eigenvalue weighted by Crippen LogP contribution is -2.26. The van der Waals surface area contributed by atoms with Crippen molar-refractivity contribution in [2.75, 3.05) is 12.4 Å². The third kappa shape index (κ3) is 3.54. The highest BCUT2D eigenvalue weighted by Gasteiger charge is 2.29. The largest absolute Gasteiger partial charge is 0.337 e. The van der Waals surface area contributed by atoms with E-state index in [1.54, 1.807) is 41.5 Å². The Morgan fingerprint density at radius 3 is 2.77 bits per heavy atom. The molecule has 1 aromatic carbocycles. The van der Waals surface area contributed by atoms with Crippen molar-refractivity contribution in [1.29, 1.82) is 0 Å². The normalized spacial score (nSPS) is 13.7. The fraction of sp³-hybridized carbons (Fsp3) is 0.294. The van der Waals surface area contributed by atoms with Gasteiger partial charge in [-0.2, -0.15) is 0 Å². The zero-order valence-electron chi connectivity index (χ0n) is 12.4. The van der Waals surface area contributed by atoms with Gasteiger partial charge in [0.05, 0.1) is 6.54 Å². The van der Waals surface area contributed by atoms with Gasteiger partial charge in [0.2, 0.25) is 5.91 Å². The van der Waals surface area contributed by atoms with Crippen LogP contribution in [0.2, 0.25) is 0 Å². The molecule has 1 aromatic heterocycles. The number of hydrogen-bond donors (Lipinski definition) is 1. The van der Waals surface area contributed by atoms with Crippen LogP contribution in [0.4, 0.5) is 5.69 Å². The smallest absolute Gasteiger partial charge is 0.253 e. The van der Waals surface area contributed by atoms with Crippen molar-refractivity contribution in [1.82, 2.24) is 4.90 Å². The first-order chi connectivity index (χ1) is 10.6. The van der Waals surface area contributed by atoms with Crippen molar-refractivity contribution < 1.29 is 9.59 Å². The van der Waals surface area contributed by atoms with E-state index in [9.17, 15) is 9.59 Å². The zero-order valence-corrected chi connectivity index (χ0v) is 13.2. The molecule has 1 aliphatic carbocycles. The predicted molar refractivity (Wildman–Crippen MR) is 87.9 cm³/mol. The third-order valence-corrected chi connectivity index (χ3v) is 4.51. The molecule has 1 saturated carbocycles. The Morgan fingerprint density at radius 2 is 2.09 bits per heavy atom. The Bertz CT molecular complexity index is 678. The number of thiophene rings is 1. The molecule has 5 heteroatoms. The number of benzene rings is 1. The van der Waals surface area contributed by atoms with Crippen molar-refractivity contribution in [2.45, 2.75) is 19.4 Å². The van der Waals surface area contributed by atoms with Crippen LogP contribution in [0.15, 0.2) is 41.8 Å². The molecule has 2 aromatic rings. The molecule has 0 unspecified atom stereocenters. The van der Waals surface area contributed by atoms with E-state index < -0.39 is 0 Å². The van der Waals surface area contributed by atoms with Crippen LogP contribution < -0.4 is 5.32 Å². The van der Waals surface area contributed by atoms with Crippen LogP contribution in [0, 0.1) is 5.92 Å². The Hall–Kier alpha value is -2.14. The number of carbonyl (C=O) groups excluding carboxylic acids is 2. The lowest BCUT2D eigenvalue weighted by Gasteiger charge is -2.17. The Morgan fingerprint density at radius 1 is 1.27 bits per heavy atom. The van der Waals surface area contributed by atoms with Crippen molar-refractivity contribution in [3.63, 3.8) is 0 Å². The van der Waals surface area contributed by atoms with Gasteiger partial charge in [0.1, 0.15) is 0 Å². The van der Waals surface area contributed by atoms with E-state index in [4.69, 9.17) is 0 Å². The molecule has 1 N–H and O–H groups in total. The summed E-state index contributed by atoms with van der Waals surface area (Å²) >= 11 is 1.63. The predicted octanol–water partition coefficient (Wildman–Crippen LogP) is 3.37. The van der Waals surface area contributed by atoms with Gasteiger partial charge in [-0.25, -0.2) is 0 Å². The van der Waals surface area contributed by atoms with Gasteiger partial charge in [0.15, 0.2) is 0 Å². The second kappa shape index (κ2) is 6.32. The van der Waals surface area contributed by atoms with Crippen LogP contribution in [-0.4, -0.2) is 23.8 Å². The number of carbonyl (C=O) groups is 2. The van der Waals surface area contributed by atoms with Crippen LogP contribution in [-0.2, 0) is 11.3 Å². The summed E-state index contributed by atoms with van der Waals surface area (Å²) in [5.74, 6) is 0.160. The summed E-state index contributed by atoms with van der Waals surface area (Å²) in [4.78, 5) is 27.1. The van der Waals surface area contributed by atoms with Gasteiger partial charge in [-0.15, -0.1) is 11.3 Å². The van der Waals surface area contributed by atoms with E-state index in [2.05, 4.69) is 5.32 Å². The molecule has 0 bridgehead atoms. The lowest BCUT2D eigenvalue weighted by atomic mass is 10.1. The molecule has 1 heterocycles. The molecule has 0 atom stereocenters. The molecule has 4 nitrogen and oxygen atoms in total. The van der Waals surface area contributed by atoms with Crippen molar-refractivity contribution in [2.24, 2.45) is 5.92 Å². The summed E-state index contributed by atoms with van der Waals surface area (Å²) in [5, 5.41) is 4.88. The first-order valence-electron chi connectivity index (χ1n) is 7.32. The Kier molecular flexibility index (Phi) is 4.24. The van der Waals surface area contributed by atoms with Gasteiger partial charge in [-0.1, -0.05) is 12.1 Å². The van der Waals surface area contributed by atoms with E-state index in [-0.39, 0.29) is 17.7 Å². The molecule has 1 aliphatic rings.